The van der Waals surface area contributed by atoms with Crippen LogP contribution in [0.15, 0.2) is 54.7 Å². The van der Waals surface area contributed by atoms with Gasteiger partial charge in [-0.15, -0.1) is 0 Å². The molecule has 2 aromatic carbocycles. The normalized spacial score (nSPS) is 19.5. The van der Waals surface area contributed by atoms with Gasteiger partial charge in [0.05, 0.1) is 24.0 Å². The van der Waals surface area contributed by atoms with Crippen molar-refractivity contribution < 1.29 is 18.7 Å². The highest BCUT2D eigenvalue weighted by Gasteiger charge is 2.45. The van der Waals surface area contributed by atoms with Gasteiger partial charge in [-0.2, -0.15) is 5.10 Å². The minimum atomic E-state index is -0.425. The summed E-state index contributed by atoms with van der Waals surface area (Å²) in [5.74, 6) is 0.747. The first-order valence-corrected chi connectivity index (χ1v) is 14.5. The third-order valence-corrected chi connectivity index (χ3v) is 8.66. The Morgan fingerprint density at radius 2 is 1.93 bits per heavy atom. The summed E-state index contributed by atoms with van der Waals surface area (Å²) in [6.45, 7) is 4.23. The summed E-state index contributed by atoms with van der Waals surface area (Å²) in [5.41, 5.74) is 3.86. The highest BCUT2D eigenvalue weighted by atomic mass is 19.1. The van der Waals surface area contributed by atoms with Crippen molar-refractivity contribution in [1.82, 2.24) is 25.4 Å². The number of nitrogens with one attached hydrogen (secondary N) is 3. The van der Waals surface area contributed by atoms with Gasteiger partial charge in [0.15, 0.2) is 11.5 Å². The number of rotatable bonds is 8. The van der Waals surface area contributed by atoms with Crippen LogP contribution in [0.1, 0.15) is 53.6 Å². The van der Waals surface area contributed by atoms with E-state index in [0.29, 0.717) is 60.4 Å². The zero-order valence-electron chi connectivity index (χ0n) is 23.5. The van der Waals surface area contributed by atoms with Crippen LogP contribution in [-0.2, 0) is 16.1 Å². The monoisotopic (exact) mass is 568 g/mol. The second-order valence-electron chi connectivity index (χ2n) is 12.0. The molecule has 7 rings (SSSR count). The van der Waals surface area contributed by atoms with Gasteiger partial charge < -0.3 is 20.3 Å². The second kappa shape index (κ2) is 10.5. The molecule has 3 N–H and O–H groups in total. The fourth-order valence-corrected chi connectivity index (χ4v) is 5.92. The van der Waals surface area contributed by atoms with Gasteiger partial charge in [-0.3, -0.25) is 14.7 Å². The fourth-order valence-electron chi connectivity index (χ4n) is 5.92. The summed E-state index contributed by atoms with van der Waals surface area (Å²) < 4.78 is 20.6. The maximum absolute atomic E-state index is 15.3. The van der Waals surface area contributed by atoms with Gasteiger partial charge in [-0.05, 0) is 73.1 Å². The summed E-state index contributed by atoms with van der Waals surface area (Å²) in [7, 11) is 0. The molecule has 1 atom stereocenters. The summed E-state index contributed by atoms with van der Waals surface area (Å²) in [4.78, 5) is 31.9. The summed E-state index contributed by atoms with van der Waals surface area (Å²) >= 11 is 0. The predicted octanol–water partition coefficient (Wildman–Crippen LogP) is 4.62. The Morgan fingerprint density at radius 3 is 2.64 bits per heavy atom. The molecule has 4 aromatic rings. The van der Waals surface area contributed by atoms with Crippen molar-refractivity contribution in [2.75, 3.05) is 31.6 Å². The molecule has 4 heterocycles. The van der Waals surface area contributed by atoms with E-state index in [2.05, 4.69) is 25.8 Å². The quantitative estimate of drug-likeness (QED) is 0.286. The molecule has 9 nitrogen and oxygen atoms in total. The number of pyridine rings is 1. The number of aromatic nitrogens is 3. The van der Waals surface area contributed by atoms with Crippen LogP contribution in [0.5, 0.6) is 0 Å². The van der Waals surface area contributed by atoms with E-state index in [-0.39, 0.29) is 24.4 Å². The molecule has 3 aliphatic rings. The lowest BCUT2D eigenvalue weighted by molar-refractivity contribution is -0.167. The lowest BCUT2D eigenvalue weighted by Crippen LogP contribution is -2.53. The van der Waals surface area contributed by atoms with Crippen molar-refractivity contribution in [3.63, 3.8) is 0 Å². The van der Waals surface area contributed by atoms with Gasteiger partial charge in [0.1, 0.15) is 5.82 Å². The van der Waals surface area contributed by atoms with E-state index >= 15 is 4.39 Å². The number of likely N-dealkylation sites (tertiary alicyclic amines) is 1. The molecule has 1 aliphatic carbocycles. The van der Waals surface area contributed by atoms with Gasteiger partial charge in [-0.1, -0.05) is 24.3 Å². The van der Waals surface area contributed by atoms with Crippen LogP contribution in [0, 0.1) is 11.2 Å². The predicted molar refractivity (Wildman–Crippen MR) is 156 cm³/mol. The Morgan fingerprint density at radius 1 is 1.12 bits per heavy atom. The maximum atomic E-state index is 15.3. The van der Waals surface area contributed by atoms with Gasteiger partial charge in [0.25, 0.3) is 5.91 Å². The molecule has 2 saturated heterocycles. The first kappa shape index (κ1) is 26.6. The molecule has 1 saturated carbocycles. The smallest absolute Gasteiger partial charge is 0.251 e. The molecule has 2 aliphatic heterocycles. The third-order valence-electron chi connectivity index (χ3n) is 8.66. The topological polar surface area (TPSA) is 112 Å². The molecule has 10 heteroatoms. The molecule has 42 heavy (non-hydrogen) atoms. The van der Waals surface area contributed by atoms with Crippen molar-refractivity contribution in [2.24, 2.45) is 5.41 Å². The van der Waals surface area contributed by atoms with E-state index in [1.807, 2.05) is 48.2 Å². The summed E-state index contributed by atoms with van der Waals surface area (Å²) in [6, 6.07) is 14.6. The standard InChI is InChI=1S/C32H33FN6O3/c1-32(17-42-18-32)31(41)39-13-11-24(16-39)36-29-27-25(10-12-34-28(27)37-38-29)22-8-9-23(26(33)14-22)15-35-30(40)21-6-4-20(5-7-21)19-2-3-19/h4-10,12,14,19,24H,2-3,11,13,15-18H2,1H3,(H,35,40)(H2,34,36,37,38)/t24-/m1/s1. The molecule has 0 spiro atoms. The molecule has 216 valence electrons. The number of hydrogen-bond donors (Lipinski definition) is 3. The number of benzene rings is 2. The highest BCUT2D eigenvalue weighted by Crippen LogP contribution is 2.40. The Balaban J connectivity index is 1.05. The molecule has 0 radical (unpaired) electrons. The Kier molecular flexibility index (Phi) is 6.65. The molecular weight excluding hydrogens is 535 g/mol. The van der Waals surface area contributed by atoms with Crippen LogP contribution in [0.25, 0.3) is 22.2 Å². The summed E-state index contributed by atoms with van der Waals surface area (Å²) in [5, 5.41) is 14.5. The third kappa shape index (κ3) is 5.00. The average molecular weight is 569 g/mol. The molecule has 0 bridgehead atoms. The number of amides is 2. The Bertz CT molecular complexity index is 1660. The lowest BCUT2D eigenvalue weighted by Gasteiger charge is -2.39. The van der Waals surface area contributed by atoms with E-state index in [1.165, 1.54) is 24.5 Å². The minimum Gasteiger partial charge on any atom is -0.379 e. The van der Waals surface area contributed by atoms with Gasteiger partial charge >= 0.3 is 0 Å². The van der Waals surface area contributed by atoms with Crippen LogP contribution in [-0.4, -0.2) is 64.2 Å². The number of anilines is 1. The number of fused-ring (bicyclic) bond motifs is 1. The van der Waals surface area contributed by atoms with Crippen LogP contribution < -0.4 is 10.6 Å². The van der Waals surface area contributed by atoms with Crippen molar-refractivity contribution in [3.05, 3.63) is 77.2 Å². The van der Waals surface area contributed by atoms with Gasteiger partial charge in [-0.25, -0.2) is 9.37 Å². The number of carbonyl (C=O) groups is 2. The van der Waals surface area contributed by atoms with Crippen LogP contribution >= 0.6 is 0 Å². The van der Waals surface area contributed by atoms with Crippen LogP contribution in [0.3, 0.4) is 0 Å². The molecule has 2 amide bonds. The Labute approximate surface area is 242 Å². The van der Waals surface area contributed by atoms with Crippen molar-refractivity contribution in [1.29, 1.82) is 0 Å². The van der Waals surface area contributed by atoms with Gasteiger partial charge in [0, 0.05) is 43.0 Å². The number of ether oxygens (including phenoxy) is 1. The van der Waals surface area contributed by atoms with E-state index in [0.717, 1.165) is 17.4 Å². The number of nitrogens with zero attached hydrogens (tertiary/aromatic N) is 3. The van der Waals surface area contributed by atoms with E-state index in [4.69, 9.17) is 4.74 Å². The first-order chi connectivity index (χ1) is 20.4. The number of aromatic amines is 1. The van der Waals surface area contributed by atoms with E-state index in [1.54, 1.807) is 12.3 Å². The second-order valence-corrected chi connectivity index (χ2v) is 12.0. The molecule has 3 fully saturated rings. The lowest BCUT2D eigenvalue weighted by atomic mass is 9.87. The molecule has 2 aromatic heterocycles. The van der Waals surface area contributed by atoms with E-state index < -0.39 is 11.2 Å². The SMILES string of the molecule is CC1(C(=O)N2CC[C@@H](Nc3n[nH]c4nccc(-c5ccc(CNC(=O)c6ccc(C7CC7)cc6)c(F)c5)c34)C2)COC1. The summed E-state index contributed by atoms with van der Waals surface area (Å²) in [6.07, 6.45) is 4.88. The largest absolute Gasteiger partial charge is 0.379 e. The van der Waals surface area contributed by atoms with Crippen LogP contribution in [0.2, 0.25) is 0 Å². The first-order valence-electron chi connectivity index (χ1n) is 14.5. The zero-order valence-corrected chi connectivity index (χ0v) is 23.5. The van der Waals surface area contributed by atoms with Crippen molar-refractivity contribution in [3.8, 4) is 11.1 Å². The van der Waals surface area contributed by atoms with Gasteiger partial charge in [0.2, 0.25) is 5.91 Å². The minimum absolute atomic E-state index is 0.0331. The number of hydrogen-bond acceptors (Lipinski definition) is 6. The van der Waals surface area contributed by atoms with Crippen LogP contribution in [0.4, 0.5) is 10.2 Å². The Hall–Kier alpha value is -4.31. The average Bonchev–Trinajstić information content (AvgIpc) is 3.61. The number of halogens is 1. The number of H-pyrrole nitrogens is 1. The highest BCUT2D eigenvalue weighted by molar-refractivity contribution is 6.00. The van der Waals surface area contributed by atoms with Crippen molar-refractivity contribution in [2.45, 2.75) is 44.7 Å². The molecular formula is C32H33FN6O3. The zero-order chi connectivity index (χ0) is 28.8. The molecule has 0 unspecified atom stereocenters. The fraction of sp³-hybridized carbons (Fsp3) is 0.375. The number of carbonyl (C=O) groups excluding carboxylic acids is 2. The van der Waals surface area contributed by atoms with E-state index in [9.17, 15) is 9.59 Å². The maximum Gasteiger partial charge on any atom is 0.251 e. The van der Waals surface area contributed by atoms with Crippen molar-refractivity contribution >= 4 is 28.7 Å².